The van der Waals surface area contributed by atoms with Crippen LogP contribution in [-0.4, -0.2) is 22.8 Å². The van der Waals surface area contributed by atoms with Crippen LogP contribution in [0.25, 0.3) is 32.3 Å². The van der Waals surface area contributed by atoms with Gasteiger partial charge in [0.05, 0.1) is 5.56 Å². The second-order valence-electron chi connectivity index (χ2n) is 8.76. The third-order valence-corrected chi connectivity index (χ3v) is 6.36. The molecule has 1 aliphatic heterocycles. The first-order valence-corrected chi connectivity index (χ1v) is 11.7. The highest BCUT2D eigenvalue weighted by Crippen LogP contribution is 2.40. The molecule has 0 aliphatic carbocycles. The molecule has 0 fully saturated rings. The van der Waals surface area contributed by atoms with E-state index in [4.69, 9.17) is 9.47 Å². The smallest absolute Gasteiger partial charge is 0.308 e. The maximum Gasteiger partial charge on any atom is 0.308 e. The van der Waals surface area contributed by atoms with E-state index in [9.17, 15) is 9.59 Å². The van der Waals surface area contributed by atoms with Crippen LogP contribution in [-0.2, 0) is 14.3 Å². The normalized spacial score (nSPS) is 15.2. The summed E-state index contributed by atoms with van der Waals surface area (Å²) < 4.78 is 12.0. The predicted octanol–water partition coefficient (Wildman–Crippen LogP) is 6.31. The van der Waals surface area contributed by atoms with Crippen molar-refractivity contribution in [2.24, 2.45) is 5.10 Å². The zero-order valence-electron chi connectivity index (χ0n) is 19.8. The van der Waals surface area contributed by atoms with Gasteiger partial charge < -0.3 is 9.47 Å². The Morgan fingerprint density at radius 2 is 1.33 bits per heavy atom. The first kappa shape index (κ1) is 21.8. The molecule has 1 heterocycles. The van der Waals surface area contributed by atoms with Crippen molar-refractivity contribution in [1.82, 2.24) is 5.01 Å². The van der Waals surface area contributed by atoms with Crippen LogP contribution >= 0.6 is 0 Å². The molecule has 6 rings (SSSR count). The van der Waals surface area contributed by atoms with E-state index in [0.29, 0.717) is 11.3 Å². The van der Waals surface area contributed by atoms with Gasteiger partial charge in [0.15, 0.2) is 0 Å². The molecule has 0 spiro atoms. The largest absolute Gasteiger partial charge is 0.446 e. The minimum absolute atomic E-state index is 0.217. The second-order valence-corrected chi connectivity index (χ2v) is 8.76. The van der Waals surface area contributed by atoms with Gasteiger partial charge >= 0.3 is 5.97 Å². The number of hydrazone groups is 1. The van der Waals surface area contributed by atoms with Crippen LogP contribution in [0.2, 0.25) is 0 Å². The Hall–Kier alpha value is -4.71. The maximum absolute atomic E-state index is 12.8. The molecule has 6 nitrogen and oxygen atoms in total. The molecule has 1 amide bonds. The Bertz CT molecular complexity index is 1670. The van der Waals surface area contributed by atoms with Crippen molar-refractivity contribution in [3.05, 3.63) is 102 Å². The van der Waals surface area contributed by atoms with Gasteiger partial charge in [-0.1, -0.05) is 72.8 Å². The van der Waals surface area contributed by atoms with E-state index in [2.05, 4.69) is 11.2 Å². The summed E-state index contributed by atoms with van der Waals surface area (Å²) in [5.74, 6) is -0.173. The topological polar surface area (TPSA) is 68.2 Å². The fraction of sp³-hybridized carbons (Fsp3) is 0.100. The van der Waals surface area contributed by atoms with Crippen LogP contribution in [0.5, 0.6) is 5.75 Å². The van der Waals surface area contributed by atoms with Gasteiger partial charge in [-0.3, -0.25) is 9.59 Å². The van der Waals surface area contributed by atoms with Crippen LogP contribution < -0.4 is 4.74 Å². The summed E-state index contributed by atoms with van der Waals surface area (Å²) >= 11 is 0. The van der Waals surface area contributed by atoms with Crippen LogP contribution in [0.4, 0.5) is 0 Å². The van der Waals surface area contributed by atoms with Gasteiger partial charge in [-0.25, -0.2) is 0 Å². The standard InChI is InChI=1S/C30H22N2O4/c1-18(33)32-30(28-24-13-7-5-11-22(24)15-23-12-6-8-14-25(23)28)36-29(31-32)26-16-20-9-3-4-10-21(20)17-27(26)35-19(2)34/h3-17,30H,1-2H3/t30-/m0/s1. The average molecular weight is 475 g/mol. The lowest BCUT2D eigenvalue weighted by Gasteiger charge is -2.23. The van der Waals surface area contributed by atoms with Gasteiger partial charge in [0.25, 0.3) is 0 Å². The summed E-state index contributed by atoms with van der Waals surface area (Å²) in [6.45, 7) is 2.81. The lowest BCUT2D eigenvalue weighted by molar-refractivity contribution is -0.135. The summed E-state index contributed by atoms with van der Waals surface area (Å²) in [7, 11) is 0. The molecule has 0 unspecified atom stereocenters. The Kier molecular flexibility index (Phi) is 5.15. The van der Waals surface area contributed by atoms with Gasteiger partial charge in [-0.2, -0.15) is 5.01 Å². The molecular weight excluding hydrogens is 452 g/mol. The van der Waals surface area contributed by atoms with Gasteiger partial charge in [0.1, 0.15) is 5.75 Å². The van der Waals surface area contributed by atoms with Crippen molar-refractivity contribution in [2.75, 3.05) is 0 Å². The highest BCUT2D eigenvalue weighted by Gasteiger charge is 2.36. The second kappa shape index (κ2) is 8.50. The van der Waals surface area contributed by atoms with E-state index in [-0.39, 0.29) is 11.8 Å². The third kappa shape index (κ3) is 3.64. The lowest BCUT2D eigenvalue weighted by atomic mass is 9.95. The minimum atomic E-state index is -0.787. The summed E-state index contributed by atoms with van der Waals surface area (Å²) in [5, 5.41) is 11.8. The first-order chi connectivity index (χ1) is 17.5. The molecule has 0 bridgehead atoms. The summed E-state index contributed by atoms with van der Waals surface area (Å²) in [6.07, 6.45) is -0.787. The molecule has 1 aliphatic rings. The molecule has 36 heavy (non-hydrogen) atoms. The van der Waals surface area contributed by atoms with Crippen LogP contribution in [0.3, 0.4) is 0 Å². The zero-order valence-corrected chi connectivity index (χ0v) is 19.8. The number of carbonyl (C=O) groups is 2. The molecule has 1 atom stereocenters. The minimum Gasteiger partial charge on any atom is -0.446 e. The molecule has 5 aromatic carbocycles. The van der Waals surface area contributed by atoms with Gasteiger partial charge in [0.2, 0.25) is 18.0 Å². The Labute approximate surface area is 207 Å². The van der Waals surface area contributed by atoms with Gasteiger partial charge in [0, 0.05) is 19.4 Å². The Morgan fingerprint density at radius 1 is 0.778 bits per heavy atom. The molecule has 0 radical (unpaired) electrons. The number of carbonyl (C=O) groups excluding carboxylic acids is 2. The van der Waals surface area contributed by atoms with Crippen molar-refractivity contribution in [3.63, 3.8) is 0 Å². The SMILES string of the molecule is CC(=O)Oc1cc2ccccc2cc1C1=NN(C(C)=O)[C@H](c2c3ccccc3cc3ccccc23)O1. The van der Waals surface area contributed by atoms with Crippen molar-refractivity contribution in [1.29, 1.82) is 0 Å². The van der Waals surface area contributed by atoms with Gasteiger partial charge in [-0.15, -0.1) is 5.10 Å². The molecule has 0 aromatic heterocycles. The molecular formula is C30H22N2O4. The highest BCUT2D eigenvalue weighted by atomic mass is 16.5. The molecule has 6 heteroatoms. The Balaban J connectivity index is 1.55. The lowest BCUT2D eigenvalue weighted by Crippen LogP contribution is -2.25. The van der Waals surface area contributed by atoms with E-state index in [1.165, 1.54) is 18.9 Å². The molecule has 0 N–H and O–H groups in total. The van der Waals surface area contributed by atoms with Gasteiger partial charge in [-0.05, 0) is 50.5 Å². The van der Waals surface area contributed by atoms with Crippen LogP contribution in [0, 0.1) is 0 Å². The number of fused-ring (bicyclic) bond motifs is 3. The summed E-state index contributed by atoms with van der Waals surface area (Å²) in [5.41, 5.74) is 1.36. The first-order valence-electron chi connectivity index (χ1n) is 11.7. The van der Waals surface area contributed by atoms with E-state index in [1.807, 2.05) is 78.9 Å². The predicted molar refractivity (Wildman–Crippen MR) is 140 cm³/mol. The fourth-order valence-corrected chi connectivity index (χ4v) is 4.80. The summed E-state index contributed by atoms with van der Waals surface area (Å²) in [6, 6.07) is 29.6. The number of ether oxygens (including phenoxy) is 2. The molecule has 5 aromatic rings. The van der Waals surface area contributed by atoms with Crippen molar-refractivity contribution >= 4 is 50.1 Å². The fourth-order valence-electron chi connectivity index (χ4n) is 4.80. The number of hydrogen-bond acceptors (Lipinski definition) is 5. The Morgan fingerprint density at radius 3 is 1.92 bits per heavy atom. The van der Waals surface area contributed by atoms with E-state index in [0.717, 1.165) is 37.9 Å². The zero-order chi connectivity index (χ0) is 24.8. The van der Waals surface area contributed by atoms with Crippen molar-refractivity contribution in [2.45, 2.75) is 20.1 Å². The number of hydrogen-bond donors (Lipinski definition) is 0. The van der Waals surface area contributed by atoms with E-state index in [1.54, 1.807) is 6.07 Å². The van der Waals surface area contributed by atoms with Crippen molar-refractivity contribution < 1.29 is 19.1 Å². The molecule has 176 valence electrons. The monoisotopic (exact) mass is 474 g/mol. The number of nitrogens with zero attached hydrogens (tertiary/aromatic N) is 2. The van der Waals surface area contributed by atoms with E-state index < -0.39 is 12.2 Å². The van der Waals surface area contributed by atoms with Crippen LogP contribution in [0.1, 0.15) is 31.2 Å². The highest BCUT2D eigenvalue weighted by molar-refractivity contribution is 6.06. The third-order valence-electron chi connectivity index (χ3n) is 6.36. The maximum atomic E-state index is 12.8. The number of amides is 1. The molecule has 0 saturated carbocycles. The van der Waals surface area contributed by atoms with Crippen LogP contribution in [0.15, 0.2) is 96.1 Å². The van der Waals surface area contributed by atoms with Crippen molar-refractivity contribution in [3.8, 4) is 5.75 Å². The number of esters is 1. The number of rotatable bonds is 3. The molecule has 0 saturated heterocycles. The summed E-state index contributed by atoms with van der Waals surface area (Å²) in [4.78, 5) is 24.7. The number of benzene rings is 5. The van der Waals surface area contributed by atoms with E-state index >= 15 is 0 Å². The quantitative estimate of drug-likeness (QED) is 0.175. The average Bonchev–Trinajstić information content (AvgIpc) is 3.31.